The first-order valence-electron chi connectivity index (χ1n) is 9.27. The molecule has 1 N–H and O–H groups in total. The quantitative estimate of drug-likeness (QED) is 0.577. The van der Waals surface area contributed by atoms with Gasteiger partial charge in [0.1, 0.15) is 0 Å². The van der Waals surface area contributed by atoms with Crippen molar-refractivity contribution in [1.82, 2.24) is 0 Å². The number of anilines is 1. The van der Waals surface area contributed by atoms with Gasteiger partial charge < -0.3 is 5.32 Å². The van der Waals surface area contributed by atoms with Crippen molar-refractivity contribution < 1.29 is 0 Å². The molecule has 1 saturated carbocycles. The predicted molar refractivity (Wildman–Crippen MR) is 103 cm³/mol. The van der Waals surface area contributed by atoms with Crippen molar-refractivity contribution in [2.75, 3.05) is 5.32 Å². The van der Waals surface area contributed by atoms with Crippen LogP contribution in [-0.4, -0.2) is 11.3 Å². The molecule has 23 heavy (non-hydrogen) atoms. The Hall–Kier alpha value is -1.15. The molecule has 1 heterocycles. The molecule has 2 aliphatic rings. The highest BCUT2D eigenvalue weighted by molar-refractivity contribution is 8.00. The maximum absolute atomic E-state index is 3.83. The lowest BCUT2D eigenvalue weighted by Crippen LogP contribution is -2.20. The average Bonchev–Trinajstić information content (AvgIpc) is 2.59. The number of fused-ring (bicyclic) bond motifs is 5. The Labute approximate surface area is 145 Å². The molecule has 0 saturated heterocycles. The topological polar surface area (TPSA) is 12.0 Å². The van der Waals surface area contributed by atoms with Gasteiger partial charge in [0.2, 0.25) is 0 Å². The van der Waals surface area contributed by atoms with Gasteiger partial charge in [-0.25, -0.2) is 0 Å². The Morgan fingerprint density at radius 3 is 2.39 bits per heavy atom. The Kier molecular flexibility index (Phi) is 6.69. The highest BCUT2D eigenvalue weighted by Crippen LogP contribution is 2.34. The van der Waals surface area contributed by atoms with Crippen molar-refractivity contribution in [3.8, 4) is 0 Å². The maximum Gasteiger partial charge on any atom is 0.0353 e. The lowest BCUT2D eigenvalue weighted by atomic mass is 10.0. The molecule has 124 valence electrons. The van der Waals surface area contributed by atoms with E-state index in [4.69, 9.17) is 0 Å². The van der Waals surface area contributed by atoms with Gasteiger partial charge in [-0.05, 0) is 43.9 Å². The van der Waals surface area contributed by atoms with Crippen LogP contribution in [0.25, 0.3) is 0 Å². The zero-order chi connectivity index (χ0) is 15.7. The minimum absolute atomic E-state index is 0.633. The van der Waals surface area contributed by atoms with Crippen LogP contribution < -0.4 is 5.32 Å². The summed E-state index contributed by atoms with van der Waals surface area (Å²) in [4.78, 5) is 1.39. The van der Waals surface area contributed by atoms with Crippen LogP contribution in [0.1, 0.15) is 57.8 Å². The van der Waals surface area contributed by atoms with Crippen LogP contribution in [0.4, 0.5) is 5.69 Å². The molecule has 2 atom stereocenters. The molecule has 1 aliphatic carbocycles. The van der Waals surface area contributed by atoms with Gasteiger partial charge in [-0.3, -0.25) is 0 Å². The second kappa shape index (κ2) is 9.22. The molecule has 1 aromatic rings. The van der Waals surface area contributed by atoms with Crippen LogP contribution in [0.3, 0.4) is 0 Å². The molecule has 2 unspecified atom stereocenters. The molecule has 0 aromatic heterocycles. The summed E-state index contributed by atoms with van der Waals surface area (Å²) in [5.74, 6) is 0. The Morgan fingerprint density at radius 2 is 1.48 bits per heavy atom. The zero-order valence-corrected chi connectivity index (χ0v) is 14.9. The summed E-state index contributed by atoms with van der Waals surface area (Å²) in [5, 5.41) is 4.60. The van der Waals surface area contributed by atoms with Crippen molar-refractivity contribution >= 4 is 17.4 Å². The van der Waals surface area contributed by atoms with Gasteiger partial charge >= 0.3 is 0 Å². The summed E-state index contributed by atoms with van der Waals surface area (Å²) in [7, 11) is 0. The summed E-state index contributed by atoms with van der Waals surface area (Å²) in [5.41, 5.74) is 1.27. The van der Waals surface area contributed by atoms with E-state index >= 15 is 0 Å². The van der Waals surface area contributed by atoms with Gasteiger partial charge in [0.15, 0.2) is 0 Å². The summed E-state index contributed by atoms with van der Waals surface area (Å²) in [6.45, 7) is 0. The Morgan fingerprint density at radius 1 is 0.739 bits per heavy atom. The first-order chi connectivity index (χ1) is 11.4. The lowest BCUT2D eigenvalue weighted by Gasteiger charge is -2.20. The number of hydrogen-bond donors (Lipinski definition) is 1. The minimum atomic E-state index is 0.633. The number of nitrogens with one attached hydrogen (secondary N) is 1. The molecule has 1 fully saturated rings. The highest BCUT2D eigenvalue weighted by atomic mass is 32.2. The summed E-state index contributed by atoms with van der Waals surface area (Å²) >= 11 is 2.09. The first-order valence-corrected chi connectivity index (χ1v) is 10.1. The first kappa shape index (κ1) is 16.7. The third-order valence-electron chi connectivity index (χ3n) is 4.87. The molecular formula is C21H29NS. The fourth-order valence-corrected chi connectivity index (χ4v) is 4.85. The smallest absolute Gasteiger partial charge is 0.0353 e. The molecule has 1 nitrogen and oxygen atoms in total. The second-order valence-corrected chi connectivity index (χ2v) is 8.17. The summed E-state index contributed by atoms with van der Waals surface area (Å²) in [6.07, 6.45) is 12.4. The van der Waals surface area contributed by atoms with Crippen LogP contribution in [-0.2, 0) is 0 Å². The van der Waals surface area contributed by atoms with Crippen molar-refractivity contribution in [2.24, 2.45) is 0 Å². The van der Waals surface area contributed by atoms with E-state index in [-0.39, 0.29) is 0 Å². The van der Waals surface area contributed by atoms with Gasteiger partial charge in [-0.15, -0.1) is 11.8 Å². The zero-order valence-electron chi connectivity index (χ0n) is 14.0. The van der Waals surface area contributed by atoms with E-state index in [1.165, 1.54) is 68.4 Å². The van der Waals surface area contributed by atoms with E-state index in [0.29, 0.717) is 6.04 Å². The largest absolute Gasteiger partial charge is 0.382 e. The predicted octanol–water partition coefficient (Wildman–Crippen LogP) is 6.59. The van der Waals surface area contributed by atoms with E-state index in [2.05, 4.69) is 65.6 Å². The Balaban J connectivity index is 1.94. The van der Waals surface area contributed by atoms with Crippen molar-refractivity contribution in [2.45, 2.75) is 74.0 Å². The van der Waals surface area contributed by atoms with Gasteiger partial charge in [0, 0.05) is 21.9 Å². The van der Waals surface area contributed by atoms with E-state index in [0.717, 1.165) is 5.25 Å². The van der Waals surface area contributed by atoms with Crippen LogP contribution in [0.5, 0.6) is 0 Å². The molecule has 0 spiro atoms. The number of rotatable bonds is 0. The van der Waals surface area contributed by atoms with E-state index < -0.39 is 0 Å². The standard InChI is InChI=1S/C21H29NS/c1-3-7-11-18-15-16-20(13-9-5-1)23-21-14-10-6-2-4-8-12-19(17-21)22-18/h2,4,6,8,10,12,14,17-18,20,22H,1,3,5,7,9,11,13,15-16H2. The number of thioether (sulfide) groups is 1. The molecule has 1 aromatic carbocycles. The van der Waals surface area contributed by atoms with Crippen LogP contribution in [0, 0.1) is 0 Å². The summed E-state index contributed by atoms with van der Waals surface area (Å²) < 4.78 is 0. The van der Waals surface area contributed by atoms with Crippen molar-refractivity contribution in [1.29, 1.82) is 0 Å². The van der Waals surface area contributed by atoms with E-state index in [1.807, 2.05) is 0 Å². The minimum Gasteiger partial charge on any atom is -0.382 e. The molecule has 1 aliphatic heterocycles. The number of hydrogen-bond acceptors (Lipinski definition) is 2. The van der Waals surface area contributed by atoms with Crippen LogP contribution >= 0.6 is 11.8 Å². The molecule has 0 radical (unpaired) electrons. The molecule has 3 rings (SSSR count). The average molecular weight is 328 g/mol. The van der Waals surface area contributed by atoms with Gasteiger partial charge in [0.25, 0.3) is 0 Å². The lowest BCUT2D eigenvalue weighted by molar-refractivity contribution is 0.539. The maximum atomic E-state index is 3.83. The molecule has 4 bridgehead atoms. The summed E-state index contributed by atoms with van der Waals surface area (Å²) in [6, 6.07) is 18.1. The second-order valence-electron chi connectivity index (χ2n) is 6.80. The van der Waals surface area contributed by atoms with E-state index in [9.17, 15) is 0 Å². The van der Waals surface area contributed by atoms with E-state index in [1.54, 1.807) is 0 Å². The third kappa shape index (κ3) is 5.76. The Bertz CT molecular complexity index is 497. The third-order valence-corrected chi connectivity index (χ3v) is 6.20. The fraction of sp³-hybridized carbons (Fsp3) is 0.524. The molecule has 0 amide bonds. The van der Waals surface area contributed by atoms with Crippen LogP contribution in [0.15, 0.2) is 53.4 Å². The molecular weight excluding hydrogens is 298 g/mol. The van der Waals surface area contributed by atoms with Gasteiger partial charge in [-0.1, -0.05) is 62.4 Å². The monoisotopic (exact) mass is 327 g/mol. The fourth-order valence-electron chi connectivity index (χ4n) is 3.57. The van der Waals surface area contributed by atoms with Gasteiger partial charge in [-0.2, -0.15) is 0 Å². The van der Waals surface area contributed by atoms with Crippen LogP contribution in [0.2, 0.25) is 0 Å². The SMILES string of the molecule is c1cccc2cc(ccc1)SC1CCCCCCCC(CC1)N2. The normalized spacial score (nSPS) is 24.9. The molecule has 2 heteroatoms. The van der Waals surface area contributed by atoms with Crippen molar-refractivity contribution in [3.63, 3.8) is 0 Å². The van der Waals surface area contributed by atoms with Gasteiger partial charge in [0.05, 0.1) is 0 Å². The highest BCUT2D eigenvalue weighted by Gasteiger charge is 2.18. The van der Waals surface area contributed by atoms with Crippen molar-refractivity contribution in [3.05, 3.63) is 48.5 Å².